The highest BCUT2D eigenvalue weighted by molar-refractivity contribution is 6.16. The molecule has 1 unspecified atom stereocenters. The third-order valence-corrected chi connectivity index (χ3v) is 11.0. The molecule has 256 valence electrons. The first-order valence-electron chi connectivity index (χ1n) is 18.8. The maximum Gasteiger partial charge on any atom is 0.136 e. The molecule has 0 aliphatic heterocycles. The number of benzene rings is 6. The fraction of sp³-hybridized carbons (Fsp3) is 0.0784. The second-order valence-corrected chi connectivity index (χ2v) is 14.2. The molecule has 54 heavy (non-hydrogen) atoms. The van der Waals surface area contributed by atoms with E-state index >= 15 is 0 Å². The first-order chi connectivity index (χ1) is 26.8. The largest absolute Gasteiger partial charge is 0.264 e. The maximum atomic E-state index is 5.38. The van der Waals surface area contributed by atoms with Crippen LogP contribution < -0.4 is 0 Å². The molecule has 3 heteroatoms. The molecule has 2 aromatic heterocycles. The zero-order chi connectivity index (χ0) is 35.8. The minimum atomic E-state index is -0.00302. The summed E-state index contributed by atoms with van der Waals surface area (Å²) in [4.78, 5) is 15.1. The van der Waals surface area contributed by atoms with Crippen LogP contribution in [0.4, 0.5) is 0 Å². The van der Waals surface area contributed by atoms with Gasteiger partial charge >= 0.3 is 0 Å². The molecule has 0 bridgehead atoms. The van der Waals surface area contributed by atoms with Crippen molar-refractivity contribution in [2.75, 3.05) is 0 Å². The fourth-order valence-corrected chi connectivity index (χ4v) is 8.41. The van der Waals surface area contributed by atoms with E-state index in [-0.39, 0.29) is 5.92 Å². The maximum absolute atomic E-state index is 5.38. The van der Waals surface area contributed by atoms with Crippen LogP contribution >= 0.6 is 0 Å². The van der Waals surface area contributed by atoms with Gasteiger partial charge in [-0.05, 0) is 97.1 Å². The number of pyridine rings is 1. The number of aromatic nitrogens is 3. The highest BCUT2D eigenvalue weighted by atomic mass is 14.9. The van der Waals surface area contributed by atoms with Crippen molar-refractivity contribution in [3.63, 3.8) is 0 Å². The monoisotopic (exact) mass is 691 g/mol. The Morgan fingerprint density at radius 3 is 1.87 bits per heavy atom. The summed E-state index contributed by atoms with van der Waals surface area (Å²) in [6, 6.07) is 47.8. The van der Waals surface area contributed by atoms with E-state index in [1.807, 2.05) is 18.5 Å². The second kappa shape index (κ2) is 13.7. The predicted molar refractivity (Wildman–Crippen MR) is 226 cm³/mol. The molecule has 3 nitrogen and oxygen atoms in total. The topological polar surface area (TPSA) is 38.7 Å². The Morgan fingerprint density at radius 1 is 0.519 bits per heavy atom. The van der Waals surface area contributed by atoms with Gasteiger partial charge in [0.1, 0.15) is 5.82 Å². The number of rotatable bonds is 6. The lowest BCUT2D eigenvalue weighted by Gasteiger charge is -2.24. The minimum Gasteiger partial charge on any atom is -0.264 e. The Hall–Kier alpha value is -6.71. The second-order valence-electron chi connectivity index (χ2n) is 14.2. The molecule has 2 aliphatic carbocycles. The van der Waals surface area contributed by atoms with Gasteiger partial charge in [-0.3, -0.25) is 4.98 Å². The van der Waals surface area contributed by atoms with Crippen LogP contribution in [0.1, 0.15) is 42.1 Å². The zero-order valence-electron chi connectivity index (χ0n) is 29.9. The Morgan fingerprint density at radius 2 is 1.17 bits per heavy atom. The van der Waals surface area contributed by atoms with E-state index in [2.05, 4.69) is 169 Å². The Balaban J connectivity index is 1.10. The summed E-state index contributed by atoms with van der Waals surface area (Å²) >= 11 is 0. The van der Waals surface area contributed by atoms with E-state index in [9.17, 15) is 0 Å². The average Bonchev–Trinajstić information content (AvgIpc) is 3.26. The summed E-state index contributed by atoms with van der Waals surface area (Å²) in [5.74, 6) is 0.828. The molecule has 1 atom stereocenters. The molecule has 0 radical (unpaired) electrons. The van der Waals surface area contributed by atoms with Gasteiger partial charge in [-0.15, -0.1) is 0 Å². The molecule has 8 aromatic rings. The smallest absolute Gasteiger partial charge is 0.136 e. The van der Waals surface area contributed by atoms with E-state index < -0.39 is 0 Å². The molecule has 6 aromatic carbocycles. The Kier molecular flexibility index (Phi) is 8.11. The van der Waals surface area contributed by atoms with Crippen molar-refractivity contribution in [3.05, 3.63) is 199 Å². The third kappa shape index (κ3) is 5.75. The van der Waals surface area contributed by atoms with Crippen LogP contribution in [-0.4, -0.2) is 15.0 Å². The van der Waals surface area contributed by atoms with E-state index in [1.165, 1.54) is 54.6 Å². The molecule has 0 fully saturated rings. The van der Waals surface area contributed by atoms with Crippen LogP contribution in [0.25, 0.3) is 77.1 Å². The molecule has 0 spiro atoms. The summed E-state index contributed by atoms with van der Waals surface area (Å²) in [5.41, 5.74) is 11.6. The van der Waals surface area contributed by atoms with Crippen LogP contribution in [-0.2, 0) is 0 Å². The van der Waals surface area contributed by atoms with Crippen LogP contribution in [0.2, 0.25) is 0 Å². The molecule has 0 saturated carbocycles. The molecular weight excluding hydrogens is 655 g/mol. The van der Waals surface area contributed by atoms with Gasteiger partial charge in [-0.1, -0.05) is 158 Å². The Labute approximate surface area is 315 Å². The van der Waals surface area contributed by atoms with Crippen molar-refractivity contribution < 1.29 is 0 Å². The fourth-order valence-electron chi connectivity index (χ4n) is 8.41. The summed E-state index contributed by atoms with van der Waals surface area (Å²) in [5, 5.41) is 7.59. The molecule has 0 saturated heterocycles. The van der Waals surface area contributed by atoms with Crippen LogP contribution in [0.15, 0.2) is 182 Å². The highest BCUT2D eigenvalue weighted by Gasteiger charge is 2.24. The van der Waals surface area contributed by atoms with Gasteiger partial charge in [0.2, 0.25) is 0 Å². The number of fused-ring (bicyclic) bond motifs is 3. The SMILES string of the molecule is C1=CCCC(c2c3ccccc3c(C3=CC=CC(c4nc(-c5ccc(-c6cccnc6)cc5)cc(-c5cccc6ccccc56)n4)C3)c3ccccc23)=C1. The summed E-state index contributed by atoms with van der Waals surface area (Å²) in [6.45, 7) is 0. The molecule has 2 aliphatic rings. The standard InChI is InChI=1S/C51H37N3/c1-2-14-37(15-3-1)49-43-21-6-8-23-45(43)50(46-24-9-7-22-44(46)49)38-17-10-18-39(31-38)51-53-47(36-28-26-34(27-29-36)40-19-12-30-52-33-40)32-48(54-51)42-25-11-16-35-13-4-5-20-41(35)42/h1-2,4-14,16-30,32-33,39H,3,15,31H2. The summed E-state index contributed by atoms with van der Waals surface area (Å²) in [7, 11) is 0. The van der Waals surface area contributed by atoms with Gasteiger partial charge in [0, 0.05) is 29.4 Å². The Bertz CT molecular complexity index is 2780. The number of allylic oxidation sites excluding steroid dienone is 8. The first kappa shape index (κ1) is 32.0. The van der Waals surface area contributed by atoms with Gasteiger partial charge in [-0.25, -0.2) is 9.97 Å². The van der Waals surface area contributed by atoms with Crippen molar-refractivity contribution in [2.24, 2.45) is 0 Å². The molecule has 0 N–H and O–H groups in total. The molecule has 0 amide bonds. The normalized spacial score (nSPS) is 15.4. The van der Waals surface area contributed by atoms with Crippen LogP contribution in [0, 0.1) is 0 Å². The van der Waals surface area contributed by atoms with Crippen LogP contribution in [0.5, 0.6) is 0 Å². The molecule has 2 heterocycles. The molecular formula is C51H37N3. The van der Waals surface area contributed by atoms with Crippen molar-refractivity contribution in [1.82, 2.24) is 15.0 Å². The lowest BCUT2D eigenvalue weighted by Crippen LogP contribution is -2.08. The predicted octanol–water partition coefficient (Wildman–Crippen LogP) is 13.2. The van der Waals surface area contributed by atoms with Crippen molar-refractivity contribution in [3.8, 4) is 33.6 Å². The van der Waals surface area contributed by atoms with Gasteiger partial charge in [0.25, 0.3) is 0 Å². The third-order valence-electron chi connectivity index (χ3n) is 11.0. The van der Waals surface area contributed by atoms with Gasteiger partial charge in [-0.2, -0.15) is 0 Å². The van der Waals surface area contributed by atoms with E-state index in [0.717, 1.165) is 58.7 Å². The van der Waals surface area contributed by atoms with E-state index in [4.69, 9.17) is 9.97 Å². The van der Waals surface area contributed by atoms with Crippen LogP contribution in [0.3, 0.4) is 0 Å². The molecule has 10 rings (SSSR count). The number of hydrogen-bond donors (Lipinski definition) is 0. The summed E-state index contributed by atoms with van der Waals surface area (Å²) in [6.07, 6.45) is 20.2. The lowest BCUT2D eigenvalue weighted by atomic mass is 9.81. The lowest BCUT2D eigenvalue weighted by molar-refractivity contribution is 0.786. The number of hydrogen-bond acceptors (Lipinski definition) is 3. The first-order valence-corrected chi connectivity index (χ1v) is 18.8. The van der Waals surface area contributed by atoms with Gasteiger partial charge in [0.05, 0.1) is 11.4 Å². The highest BCUT2D eigenvalue weighted by Crippen LogP contribution is 2.45. The zero-order valence-corrected chi connectivity index (χ0v) is 29.9. The average molecular weight is 692 g/mol. The minimum absolute atomic E-state index is 0.00302. The van der Waals surface area contributed by atoms with Crippen molar-refractivity contribution >= 4 is 43.5 Å². The van der Waals surface area contributed by atoms with Gasteiger partial charge in [0.15, 0.2) is 0 Å². The number of nitrogens with zero attached hydrogens (tertiary/aromatic N) is 3. The quantitative estimate of drug-likeness (QED) is 0.163. The van der Waals surface area contributed by atoms with E-state index in [1.54, 1.807) is 0 Å². The van der Waals surface area contributed by atoms with Gasteiger partial charge < -0.3 is 0 Å². The van der Waals surface area contributed by atoms with Crippen molar-refractivity contribution in [2.45, 2.75) is 25.2 Å². The summed E-state index contributed by atoms with van der Waals surface area (Å²) < 4.78 is 0. The van der Waals surface area contributed by atoms with Crippen molar-refractivity contribution in [1.29, 1.82) is 0 Å². The van der Waals surface area contributed by atoms with E-state index in [0.29, 0.717) is 0 Å².